The average Bonchev–Trinajstić information content (AvgIpc) is 3.26. The molecule has 4 saturated carbocycles. The summed E-state index contributed by atoms with van der Waals surface area (Å²) in [7, 11) is 0. The third-order valence-electron chi connectivity index (χ3n) is 10.7. The minimum Gasteiger partial charge on any atom is -0.321 e. The lowest BCUT2D eigenvalue weighted by Gasteiger charge is -2.57. The number of hydrogen-bond acceptors (Lipinski definition) is 5. The van der Waals surface area contributed by atoms with Gasteiger partial charge in [0.1, 0.15) is 6.04 Å². The van der Waals surface area contributed by atoms with Crippen LogP contribution in [0.2, 0.25) is 0 Å². The van der Waals surface area contributed by atoms with Gasteiger partial charge >= 0.3 is 0 Å². The van der Waals surface area contributed by atoms with Crippen LogP contribution in [0, 0.1) is 17.8 Å². The predicted octanol–water partition coefficient (Wildman–Crippen LogP) is 4.96. The van der Waals surface area contributed by atoms with E-state index in [9.17, 15) is 19.2 Å². The van der Waals surface area contributed by atoms with Crippen molar-refractivity contribution in [1.29, 1.82) is 0 Å². The Morgan fingerprint density at radius 1 is 0.907 bits per heavy atom. The van der Waals surface area contributed by atoms with Crippen molar-refractivity contribution in [3.63, 3.8) is 0 Å². The molecule has 4 aliphatic carbocycles. The summed E-state index contributed by atoms with van der Waals surface area (Å²) in [5, 5.41) is 10.8. The number of piperidine rings is 1. The van der Waals surface area contributed by atoms with E-state index < -0.39 is 11.9 Å². The number of nitrogens with zero attached hydrogens (tertiary/aromatic N) is 1. The van der Waals surface area contributed by atoms with Crippen LogP contribution in [0.15, 0.2) is 54.6 Å². The van der Waals surface area contributed by atoms with Gasteiger partial charge < -0.3 is 10.6 Å². The highest BCUT2D eigenvalue weighted by molar-refractivity contribution is 6.29. The monoisotopic (exact) mass is 576 g/mol. The van der Waals surface area contributed by atoms with Crippen LogP contribution < -0.4 is 20.9 Å². The van der Waals surface area contributed by atoms with Crippen molar-refractivity contribution in [2.45, 2.75) is 69.4 Å². The average molecular weight is 577 g/mol. The highest BCUT2D eigenvalue weighted by atomic mass is 16.2. The molecule has 5 fully saturated rings. The zero-order chi connectivity index (χ0) is 29.3. The Balaban J connectivity index is 0.951. The fourth-order valence-corrected chi connectivity index (χ4v) is 9.17. The maximum atomic E-state index is 13.4. The van der Waals surface area contributed by atoms with Gasteiger partial charge in [-0.1, -0.05) is 24.3 Å². The number of hydrogen-bond donors (Lipinski definition) is 3. The molecule has 0 spiro atoms. The molecule has 1 saturated heterocycles. The van der Waals surface area contributed by atoms with Crippen LogP contribution in [0.25, 0.3) is 10.8 Å². The molecule has 0 radical (unpaired) electrons. The van der Waals surface area contributed by atoms with Crippen LogP contribution in [0.1, 0.15) is 77.6 Å². The van der Waals surface area contributed by atoms with Gasteiger partial charge in [0.15, 0.2) is 0 Å². The van der Waals surface area contributed by atoms with Crippen molar-refractivity contribution in [3.8, 4) is 0 Å². The van der Waals surface area contributed by atoms with E-state index in [2.05, 4.69) is 16.0 Å². The van der Waals surface area contributed by atoms with Crippen molar-refractivity contribution < 1.29 is 19.2 Å². The van der Waals surface area contributed by atoms with Crippen molar-refractivity contribution in [2.75, 3.05) is 16.8 Å². The van der Waals surface area contributed by atoms with Crippen LogP contribution >= 0.6 is 0 Å². The van der Waals surface area contributed by atoms with E-state index in [4.69, 9.17) is 0 Å². The first kappa shape index (κ1) is 26.6. The summed E-state index contributed by atoms with van der Waals surface area (Å²) in [5.74, 6) is 1.52. The number of rotatable bonds is 7. The minimum absolute atomic E-state index is 0.186. The van der Waals surface area contributed by atoms with Gasteiger partial charge in [0.05, 0.1) is 5.69 Å². The predicted molar refractivity (Wildman–Crippen MR) is 164 cm³/mol. The van der Waals surface area contributed by atoms with Crippen molar-refractivity contribution >= 4 is 45.8 Å². The van der Waals surface area contributed by atoms with Gasteiger partial charge in [-0.25, -0.2) is 0 Å². The van der Waals surface area contributed by atoms with Crippen LogP contribution in [-0.4, -0.2) is 41.8 Å². The SMILES string of the molecule is O=C1CCC(N2C(=O)c3cccc4c(NC(=O)c5ccc(CCNC67CC8CC(CC(C8)C6)C7)cc5)ccc2c34)C(=O)N1. The van der Waals surface area contributed by atoms with E-state index in [1.807, 2.05) is 30.3 Å². The van der Waals surface area contributed by atoms with Crippen molar-refractivity contribution in [3.05, 3.63) is 71.3 Å². The van der Waals surface area contributed by atoms with E-state index in [1.165, 1.54) is 49.0 Å². The van der Waals surface area contributed by atoms with Gasteiger partial charge in [-0.05, 0) is 112 Å². The van der Waals surface area contributed by atoms with Gasteiger partial charge in [-0.3, -0.25) is 29.4 Å². The standard InChI is InChI=1S/C35H36N4O4/c40-30-11-10-29(33(42)38-30)39-28-9-8-27(25-2-1-3-26(31(25)28)34(39)43)37-32(41)24-6-4-20(5-7-24)12-13-36-35-17-21-14-22(18-35)16-23(15-21)19-35/h1-9,21-23,29,36H,10-19H2,(H,37,41)(H,38,40,42). The normalized spacial score (nSPS) is 28.9. The van der Waals surface area contributed by atoms with Crippen LogP contribution in [0.3, 0.4) is 0 Å². The smallest absolute Gasteiger partial charge is 0.259 e. The molecule has 8 nitrogen and oxygen atoms in total. The molecule has 6 aliphatic rings. The second-order valence-corrected chi connectivity index (χ2v) is 13.5. The zero-order valence-electron chi connectivity index (χ0n) is 24.2. The summed E-state index contributed by atoms with van der Waals surface area (Å²) < 4.78 is 0. The molecule has 4 amide bonds. The van der Waals surface area contributed by atoms with Gasteiger partial charge in [-0.15, -0.1) is 0 Å². The molecule has 9 rings (SSSR count). The summed E-state index contributed by atoms with van der Waals surface area (Å²) in [5.41, 5.74) is 3.85. The lowest BCUT2D eigenvalue weighted by atomic mass is 9.53. The molecule has 43 heavy (non-hydrogen) atoms. The molecule has 1 atom stereocenters. The minimum atomic E-state index is -0.748. The molecule has 2 aliphatic heterocycles. The fraction of sp³-hybridized carbons (Fsp3) is 0.429. The summed E-state index contributed by atoms with van der Waals surface area (Å²) in [4.78, 5) is 52.5. The molecule has 2 heterocycles. The van der Waals surface area contributed by atoms with E-state index in [1.54, 1.807) is 24.3 Å². The van der Waals surface area contributed by atoms with E-state index in [-0.39, 0.29) is 30.6 Å². The zero-order valence-corrected chi connectivity index (χ0v) is 24.2. The molecule has 3 aromatic rings. The van der Waals surface area contributed by atoms with Gasteiger partial charge in [0.25, 0.3) is 11.8 Å². The maximum Gasteiger partial charge on any atom is 0.259 e. The van der Waals surface area contributed by atoms with Gasteiger partial charge in [-0.2, -0.15) is 0 Å². The maximum absolute atomic E-state index is 13.4. The molecule has 0 aromatic heterocycles. The largest absolute Gasteiger partial charge is 0.321 e. The lowest BCUT2D eigenvalue weighted by molar-refractivity contribution is -0.134. The summed E-state index contributed by atoms with van der Waals surface area (Å²) >= 11 is 0. The highest BCUT2D eigenvalue weighted by Crippen LogP contribution is 2.55. The first-order valence-electron chi connectivity index (χ1n) is 15.7. The first-order chi connectivity index (χ1) is 20.9. The van der Waals surface area contributed by atoms with E-state index in [0.717, 1.165) is 36.1 Å². The summed E-state index contributed by atoms with van der Waals surface area (Å²) in [6.45, 7) is 0.965. The molecule has 8 heteroatoms. The van der Waals surface area contributed by atoms with Crippen LogP contribution in [-0.2, 0) is 16.0 Å². The Bertz CT molecular complexity index is 1640. The number of anilines is 2. The summed E-state index contributed by atoms with van der Waals surface area (Å²) in [6.07, 6.45) is 9.79. The van der Waals surface area contributed by atoms with Crippen molar-refractivity contribution in [2.24, 2.45) is 17.8 Å². The second kappa shape index (κ2) is 10.0. The Morgan fingerprint density at radius 3 is 2.33 bits per heavy atom. The van der Waals surface area contributed by atoms with Gasteiger partial charge in [0.2, 0.25) is 11.8 Å². The highest BCUT2D eigenvalue weighted by Gasteiger charge is 2.50. The van der Waals surface area contributed by atoms with E-state index in [0.29, 0.717) is 33.4 Å². The number of amides is 4. The number of nitrogens with one attached hydrogen (secondary N) is 3. The lowest BCUT2D eigenvalue weighted by Crippen LogP contribution is -2.58. The molecular formula is C35H36N4O4. The Labute approximate surface area is 250 Å². The van der Waals surface area contributed by atoms with Crippen molar-refractivity contribution in [1.82, 2.24) is 10.6 Å². The third kappa shape index (κ3) is 4.54. The molecule has 4 bridgehead atoms. The molecule has 1 unspecified atom stereocenters. The number of imide groups is 1. The van der Waals surface area contributed by atoms with Crippen LogP contribution in [0.4, 0.5) is 11.4 Å². The Hall–Kier alpha value is -4.04. The van der Waals surface area contributed by atoms with Crippen LogP contribution in [0.5, 0.6) is 0 Å². The van der Waals surface area contributed by atoms with Gasteiger partial charge in [0, 0.05) is 39.5 Å². The number of carbonyl (C=O) groups is 4. The quantitative estimate of drug-likeness (QED) is 0.345. The first-order valence-corrected chi connectivity index (χ1v) is 15.7. The molecule has 3 aromatic carbocycles. The second-order valence-electron chi connectivity index (χ2n) is 13.5. The summed E-state index contributed by atoms with van der Waals surface area (Å²) in [6, 6.07) is 16.0. The fourth-order valence-electron chi connectivity index (χ4n) is 9.17. The Kier molecular flexibility index (Phi) is 6.19. The molecule has 3 N–H and O–H groups in total. The number of carbonyl (C=O) groups excluding carboxylic acids is 4. The van der Waals surface area contributed by atoms with E-state index >= 15 is 0 Å². The Morgan fingerprint density at radius 2 is 1.63 bits per heavy atom. The number of benzene rings is 3. The topological polar surface area (TPSA) is 108 Å². The molecule has 220 valence electrons. The molecular weight excluding hydrogens is 540 g/mol. The third-order valence-corrected chi connectivity index (χ3v) is 10.7.